The molecule has 2 aromatic carbocycles. The molecule has 31 heavy (non-hydrogen) atoms. The monoisotopic (exact) mass is 465 g/mol. The largest absolute Gasteiger partial charge is 0.355 e. The van der Waals surface area contributed by atoms with Crippen molar-refractivity contribution in [1.29, 1.82) is 0 Å². The molecule has 0 heterocycles. The maximum absolute atomic E-state index is 13.3. The predicted octanol–water partition coefficient (Wildman–Crippen LogP) is 2.97. The van der Waals surface area contributed by atoms with Gasteiger partial charge in [0.1, 0.15) is 12.6 Å². The fourth-order valence-electron chi connectivity index (χ4n) is 3.13. The Hall–Kier alpha value is -2.58. The summed E-state index contributed by atoms with van der Waals surface area (Å²) in [6.45, 7) is 5.35. The molecule has 9 heteroatoms. The molecular weight excluding hydrogens is 438 g/mol. The molecule has 0 aliphatic rings. The lowest BCUT2D eigenvalue weighted by molar-refractivity contribution is -0.139. The molecule has 0 bridgehead atoms. The van der Waals surface area contributed by atoms with Crippen LogP contribution in [0.5, 0.6) is 0 Å². The highest BCUT2D eigenvalue weighted by atomic mass is 35.5. The molecule has 1 unspecified atom stereocenters. The number of amides is 2. The van der Waals surface area contributed by atoms with Crippen LogP contribution in [-0.4, -0.2) is 50.5 Å². The van der Waals surface area contributed by atoms with Crippen molar-refractivity contribution in [3.8, 4) is 0 Å². The van der Waals surface area contributed by atoms with Crippen molar-refractivity contribution >= 4 is 39.1 Å². The number of hydrogen-bond acceptors (Lipinski definition) is 4. The Morgan fingerprint density at radius 2 is 1.81 bits per heavy atom. The molecule has 7 nitrogen and oxygen atoms in total. The van der Waals surface area contributed by atoms with Gasteiger partial charge in [0.15, 0.2) is 0 Å². The third kappa shape index (κ3) is 6.97. The van der Waals surface area contributed by atoms with Crippen LogP contribution in [0, 0.1) is 6.92 Å². The molecule has 0 spiro atoms. The number of rotatable bonds is 9. The van der Waals surface area contributed by atoms with Gasteiger partial charge in [0.2, 0.25) is 21.8 Å². The summed E-state index contributed by atoms with van der Waals surface area (Å²) in [4.78, 5) is 27.2. The van der Waals surface area contributed by atoms with E-state index in [4.69, 9.17) is 11.6 Å². The Morgan fingerprint density at radius 3 is 2.39 bits per heavy atom. The highest BCUT2D eigenvalue weighted by Crippen LogP contribution is 2.20. The van der Waals surface area contributed by atoms with E-state index in [0.29, 0.717) is 17.3 Å². The molecule has 0 aromatic heterocycles. The zero-order chi connectivity index (χ0) is 23.2. The SMILES string of the molecule is CCNC(=O)C(C)N(Cc1cccc(Cl)c1)C(=O)CN(c1cccc(C)c1)S(C)(=O)=O. The van der Waals surface area contributed by atoms with Crippen LogP contribution in [0.2, 0.25) is 5.02 Å². The maximum Gasteiger partial charge on any atom is 0.244 e. The standard InChI is InChI=1S/C22H28ClN3O4S/c1-5-24-22(28)17(3)25(14-18-9-7-10-19(23)13-18)21(27)15-26(31(4,29)30)20-11-6-8-16(2)12-20/h6-13,17H,5,14-15H2,1-4H3,(H,24,28). The van der Waals surface area contributed by atoms with Crippen LogP contribution in [0.4, 0.5) is 5.69 Å². The molecule has 1 N–H and O–H groups in total. The second-order valence-electron chi connectivity index (χ2n) is 7.33. The summed E-state index contributed by atoms with van der Waals surface area (Å²) in [5.41, 5.74) is 1.99. The van der Waals surface area contributed by atoms with Crippen molar-refractivity contribution in [2.24, 2.45) is 0 Å². The number of sulfonamides is 1. The van der Waals surface area contributed by atoms with Gasteiger partial charge >= 0.3 is 0 Å². The number of likely N-dealkylation sites (N-methyl/N-ethyl adjacent to an activating group) is 1. The van der Waals surface area contributed by atoms with Gasteiger partial charge in [0.25, 0.3) is 0 Å². The number of aryl methyl sites for hydroxylation is 1. The third-order valence-electron chi connectivity index (χ3n) is 4.73. The van der Waals surface area contributed by atoms with Crippen LogP contribution in [0.1, 0.15) is 25.0 Å². The lowest BCUT2D eigenvalue weighted by atomic mass is 10.1. The number of anilines is 1. The first kappa shape index (κ1) is 24.7. The van der Waals surface area contributed by atoms with Crippen LogP contribution < -0.4 is 9.62 Å². The van der Waals surface area contributed by atoms with E-state index in [0.717, 1.165) is 21.7 Å². The highest BCUT2D eigenvalue weighted by Gasteiger charge is 2.29. The van der Waals surface area contributed by atoms with Gasteiger partial charge in [-0.15, -0.1) is 0 Å². The van der Waals surface area contributed by atoms with Gasteiger partial charge in [-0.25, -0.2) is 8.42 Å². The van der Waals surface area contributed by atoms with Crippen LogP contribution >= 0.6 is 11.6 Å². The Labute approximate surface area is 189 Å². The number of benzene rings is 2. The minimum absolute atomic E-state index is 0.114. The van der Waals surface area contributed by atoms with E-state index >= 15 is 0 Å². The number of carbonyl (C=O) groups is 2. The van der Waals surface area contributed by atoms with Crippen LogP contribution in [0.25, 0.3) is 0 Å². The Bertz CT molecular complexity index is 1040. The minimum atomic E-state index is -3.73. The second kappa shape index (κ2) is 10.6. The summed E-state index contributed by atoms with van der Waals surface area (Å²) in [6, 6.07) is 13.1. The van der Waals surface area contributed by atoms with E-state index in [9.17, 15) is 18.0 Å². The number of nitrogens with one attached hydrogen (secondary N) is 1. The summed E-state index contributed by atoms with van der Waals surface area (Å²) in [6.07, 6.45) is 1.05. The van der Waals surface area contributed by atoms with Crippen molar-refractivity contribution in [3.05, 3.63) is 64.7 Å². The van der Waals surface area contributed by atoms with E-state index in [-0.39, 0.29) is 12.5 Å². The second-order valence-corrected chi connectivity index (χ2v) is 9.67. The highest BCUT2D eigenvalue weighted by molar-refractivity contribution is 7.92. The third-order valence-corrected chi connectivity index (χ3v) is 6.10. The van der Waals surface area contributed by atoms with Gasteiger partial charge < -0.3 is 10.2 Å². The molecule has 0 fully saturated rings. The fraction of sp³-hybridized carbons (Fsp3) is 0.364. The van der Waals surface area contributed by atoms with Crippen molar-refractivity contribution in [2.75, 3.05) is 23.7 Å². The van der Waals surface area contributed by atoms with E-state index in [2.05, 4.69) is 5.32 Å². The molecule has 2 aromatic rings. The first-order valence-electron chi connectivity index (χ1n) is 9.89. The normalized spacial score (nSPS) is 12.2. The van der Waals surface area contributed by atoms with E-state index < -0.39 is 28.5 Å². The number of hydrogen-bond donors (Lipinski definition) is 1. The molecule has 2 rings (SSSR count). The predicted molar refractivity (Wildman–Crippen MR) is 124 cm³/mol. The van der Waals surface area contributed by atoms with Gasteiger partial charge in [-0.2, -0.15) is 0 Å². The molecule has 0 radical (unpaired) electrons. The quantitative estimate of drug-likeness (QED) is 0.616. The average molecular weight is 466 g/mol. The topological polar surface area (TPSA) is 86.8 Å². The van der Waals surface area contributed by atoms with Gasteiger partial charge in [-0.05, 0) is 56.2 Å². The van der Waals surface area contributed by atoms with Gasteiger partial charge in [0.05, 0.1) is 11.9 Å². The van der Waals surface area contributed by atoms with Gasteiger partial charge in [-0.1, -0.05) is 35.9 Å². The number of nitrogens with zero attached hydrogens (tertiary/aromatic N) is 2. The molecule has 0 aliphatic heterocycles. The van der Waals surface area contributed by atoms with Gasteiger partial charge in [-0.3, -0.25) is 13.9 Å². The van der Waals surface area contributed by atoms with Crippen molar-refractivity contribution in [1.82, 2.24) is 10.2 Å². The first-order chi connectivity index (χ1) is 14.5. The Kier molecular flexibility index (Phi) is 8.47. The lowest BCUT2D eigenvalue weighted by Crippen LogP contribution is -2.51. The molecule has 1 atom stereocenters. The summed E-state index contributed by atoms with van der Waals surface area (Å²) in [7, 11) is -3.73. The van der Waals surface area contributed by atoms with Crippen molar-refractivity contribution < 1.29 is 18.0 Å². The number of halogens is 1. The molecule has 0 saturated heterocycles. The molecule has 168 valence electrons. The zero-order valence-electron chi connectivity index (χ0n) is 18.1. The fourth-order valence-corrected chi connectivity index (χ4v) is 4.19. The summed E-state index contributed by atoms with van der Waals surface area (Å²) in [5.74, 6) is -0.815. The molecular formula is C22H28ClN3O4S. The van der Waals surface area contributed by atoms with Crippen LogP contribution in [0.3, 0.4) is 0 Å². The molecule has 0 saturated carbocycles. The van der Waals surface area contributed by atoms with E-state index in [1.165, 1.54) is 4.90 Å². The zero-order valence-corrected chi connectivity index (χ0v) is 19.7. The Balaban J connectivity index is 2.38. The maximum atomic E-state index is 13.3. The molecule has 2 amide bonds. The smallest absolute Gasteiger partial charge is 0.244 e. The lowest BCUT2D eigenvalue weighted by Gasteiger charge is -2.31. The van der Waals surface area contributed by atoms with E-state index in [1.807, 2.05) is 13.0 Å². The van der Waals surface area contributed by atoms with Crippen LogP contribution in [0.15, 0.2) is 48.5 Å². The van der Waals surface area contributed by atoms with Gasteiger partial charge in [0, 0.05) is 18.1 Å². The average Bonchev–Trinajstić information content (AvgIpc) is 2.69. The Morgan fingerprint density at radius 1 is 1.13 bits per heavy atom. The van der Waals surface area contributed by atoms with Crippen molar-refractivity contribution in [3.63, 3.8) is 0 Å². The molecule has 0 aliphatic carbocycles. The summed E-state index contributed by atoms with van der Waals surface area (Å²) in [5, 5.41) is 3.22. The summed E-state index contributed by atoms with van der Waals surface area (Å²) >= 11 is 6.07. The minimum Gasteiger partial charge on any atom is -0.355 e. The van der Waals surface area contributed by atoms with Crippen LogP contribution in [-0.2, 0) is 26.2 Å². The number of carbonyl (C=O) groups excluding carboxylic acids is 2. The first-order valence-corrected chi connectivity index (χ1v) is 12.1. The van der Waals surface area contributed by atoms with E-state index in [1.54, 1.807) is 56.3 Å². The van der Waals surface area contributed by atoms with Crippen molar-refractivity contribution in [2.45, 2.75) is 33.4 Å². The summed E-state index contributed by atoms with van der Waals surface area (Å²) < 4.78 is 26.0.